The van der Waals surface area contributed by atoms with Crippen LogP contribution in [0.2, 0.25) is 0 Å². The predicted molar refractivity (Wildman–Crippen MR) is 90.4 cm³/mol. The Hall–Kier alpha value is -2.47. The van der Waals surface area contributed by atoms with E-state index < -0.39 is 24.1 Å². The molecule has 0 N–H and O–H groups in total. The zero-order chi connectivity index (χ0) is 17.2. The SMILES string of the molecule is O=C(CC(=Nc1cccc2ccccc12)C(F)(F)F)c1cccs1. The molecule has 0 amide bonds. The minimum absolute atomic E-state index is 0.208. The maximum atomic E-state index is 13.3. The lowest BCUT2D eigenvalue weighted by atomic mass is 10.1. The summed E-state index contributed by atoms with van der Waals surface area (Å²) in [7, 11) is 0. The first-order valence-electron chi connectivity index (χ1n) is 7.14. The van der Waals surface area contributed by atoms with Gasteiger partial charge in [0.05, 0.1) is 17.0 Å². The van der Waals surface area contributed by atoms with E-state index >= 15 is 0 Å². The summed E-state index contributed by atoms with van der Waals surface area (Å²) in [6, 6.07) is 15.2. The van der Waals surface area contributed by atoms with E-state index in [1.165, 1.54) is 12.1 Å². The van der Waals surface area contributed by atoms with E-state index in [4.69, 9.17) is 0 Å². The number of carbonyl (C=O) groups excluding carboxylic acids is 1. The van der Waals surface area contributed by atoms with Gasteiger partial charge < -0.3 is 0 Å². The van der Waals surface area contributed by atoms with Gasteiger partial charge in [-0.05, 0) is 22.9 Å². The van der Waals surface area contributed by atoms with Gasteiger partial charge >= 0.3 is 6.18 Å². The molecule has 6 heteroatoms. The number of hydrogen-bond acceptors (Lipinski definition) is 3. The topological polar surface area (TPSA) is 29.4 Å². The molecule has 24 heavy (non-hydrogen) atoms. The van der Waals surface area contributed by atoms with Crippen LogP contribution in [-0.2, 0) is 0 Å². The van der Waals surface area contributed by atoms with Crippen LogP contribution < -0.4 is 0 Å². The Kier molecular flexibility index (Phi) is 4.49. The molecule has 3 aromatic rings. The Morgan fingerprint density at radius 3 is 2.46 bits per heavy atom. The molecule has 0 atom stereocenters. The van der Waals surface area contributed by atoms with Gasteiger partial charge in [0.1, 0.15) is 5.71 Å². The van der Waals surface area contributed by atoms with Crippen molar-refractivity contribution in [3.8, 4) is 0 Å². The van der Waals surface area contributed by atoms with E-state index in [0.717, 1.165) is 16.7 Å². The second-order valence-electron chi connectivity index (χ2n) is 5.13. The molecule has 0 aliphatic rings. The Balaban J connectivity index is 2.02. The van der Waals surface area contributed by atoms with Crippen LogP contribution in [0.4, 0.5) is 18.9 Å². The van der Waals surface area contributed by atoms with Crippen molar-refractivity contribution >= 4 is 39.3 Å². The summed E-state index contributed by atoms with van der Waals surface area (Å²) < 4.78 is 40.0. The van der Waals surface area contributed by atoms with Gasteiger partial charge in [-0.25, -0.2) is 4.99 Å². The van der Waals surface area contributed by atoms with E-state index in [0.29, 0.717) is 10.3 Å². The summed E-state index contributed by atoms with van der Waals surface area (Å²) in [5, 5.41) is 3.07. The number of alkyl halides is 3. The summed E-state index contributed by atoms with van der Waals surface area (Å²) in [6.45, 7) is 0. The van der Waals surface area contributed by atoms with Crippen molar-refractivity contribution in [1.29, 1.82) is 0 Å². The van der Waals surface area contributed by atoms with Gasteiger partial charge in [-0.15, -0.1) is 11.3 Å². The number of carbonyl (C=O) groups is 1. The molecule has 0 bridgehead atoms. The van der Waals surface area contributed by atoms with Crippen molar-refractivity contribution in [3.63, 3.8) is 0 Å². The van der Waals surface area contributed by atoms with Crippen LogP contribution in [0.1, 0.15) is 16.1 Å². The number of halogens is 3. The second kappa shape index (κ2) is 6.57. The lowest BCUT2D eigenvalue weighted by molar-refractivity contribution is -0.0601. The van der Waals surface area contributed by atoms with Crippen LogP contribution in [0.25, 0.3) is 10.8 Å². The summed E-state index contributed by atoms with van der Waals surface area (Å²) in [5.41, 5.74) is -0.878. The lowest BCUT2D eigenvalue weighted by Crippen LogP contribution is -2.25. The molecule has 0 unspecified atom stereocenters. The molecule has 3 rings (SSSR count). The third-order valence-electron chi connectivity index (χ3n) is 3.47. The number of thiophene rings is 1. The monoisotopic (exact) mass is 347 g/mol. The normalized spacial score (nSPS) is 12.5. The van der Waals surface area contributed by atoms with E-state index in [-0.39, 0.29) is 5.69 Å². The fraction of sp³-hybridized carbons (Fsp3) is 0.111. The summed E-state index contributed by atoms with van der Waals surface area (Å²) in [6.07, 6.45) is -5.43. The largest absolute Gasteiger partial charge is 0.429 e. The Labute approximate surface area is 140 Å². The van der Waals surface area contributed by atoms with Gasteiger partial charge in [0.15, 0.2) is 5.78 Å². The zero-order valence-electron chi connectivity index (χ0n) is 12.4. The van der Waals surface area contributed by atoms with Crippen molar-refractivity contribution in [3.05, 3.63) is 64.9 Å². The number of rotatable bonds is 4. The number of hydrogen-bond donors (Lipinski definition) is 0. The van der Waals surface area contributed by atoms with Gasteiger partial charge in [0, 0.05) is 5.39 Å². The first kappa shape index (κ1) is 16.4. The number of aliphatic imine (C=N–C) groups is 1. The van der Waals surface area contributed by atoms with Gasteiger partial charge in [-0.2, -0.15) is 13.2 Å². The van der Waals surface area contributed by atoms with Crippen LogP contribution in [0.5, 0.6) is 0 Å². The fourth-order valence-electron chi connectivity index (χ4n) is 2.33. The average Bonchev–Trinajstić information content (AvgIpc) is 3.08. The Morgan fingerprint density at radius 1 is 1.00 bits per heavy atom. The van der Waals surface area contributed by atoms with Gasteiger partial charge in [0.25, 0.3) is 0 Å². The standard InChI is InChI=1S/C18H12F3NOS/c19-18(20,21)17(11-15(23)16-9-4-10-24-16)22-14-8-3-6-12-5-1-2-7-13(12)14/h1-10H,11H2. The maximum absolute atomic E-state index is 13.3. The minimum atomic E-state index is -4.66. The average molecular weight is 347 g/mol. The van der Waals surface area contributed by atoms with Gasteiger partial charge in [0.2, 0.25) is 0 Å². The summed E-state index contributed by atoms with van der Waals surface area (Å²) in [5.74, 6) is -0.582. The smallest absolute Gasteiger partial charge is 0.293 e. The van der Waals surface area contributed by atoms with Crippen LogP contribution in [0, 0.1) is 0 Å². The molecular weight excluding hydrogens is 335 g/mol. The highest BCUT2D eigenvalue weighted by molar-refractivity contribution is 7.12. The Morgan fingerprint density at radius 2 is 1.75 bits per heavy atom. The molecule has 0 fully saturated rings. The molecule has 1 heterocycles. The van der Waals surface area contributed by atoms with Gasteiger partial charge in [-0.1, -0.05) is 42.5 Å². The lowest BCUT2D eigenvalue weighted by Gasteiger charge is -2.11. The van der Waals surface area contributed by atoms with Crippen molar-refractivity contribution in [2.45, 2.75) is 12.6 Å². The molecule has 122 valence electrons. The molecule has 0 aliphatic carbocycles. The quantitative estimate of drug-likeness (QED) is 0.433. The predicted octanol–water partition coefficient (Wildman–Crippen LogP) is 5.81. The van der Waals surface area contributed by atoms with Crippen LogP contribution in [0.3, 0.4) is 0 Å². The van der Waals surface area contributed by atoms with Crippen LogP contribution in [-0.4, -0.2) is 17.7 Å². The first-order chi connectivity index (χ1) is 11.4. The molecule has 2 nitrogen and oxygen atoms in total. The molecule has 0 saturated carbocycles. The van der Waals surface area contributed by atoms with Crippen LogP contribution in [0.15, 0.2) is 65.0 Å². The highest BCUT2D eigenvalue weighted by Crippen LogP contribution is 2.30. The van der Waals surface area contributed by atoms with Crippen molar-refractivity contribution in [1.82, 2.24) is 0 Å². The van der Waals surface area contributed by atoms with E-state index in [2.05, 4.69) is 4.99 Å². The van der Waals surface area contributed by atoms with Crippen LogP contribution >= 0.6 is 11.3 Å². The summed E-state index contributed by atoms with van der Waals surface area (Å²) >= 11 is 1.12. The molecule has 2 aromatic carbocycles. The molecule has 0 spiro atoms. The fourth-order valence-corrected chi connectivity index (χ4v) is 3.00. The molecule has 0 aliphatic heterocycles. The number of nitrogens with zero attached hydrogens (tertiary/aromatic N) is 1. The van der Waals surface area contributed by atoms with Crippen molar-refractivity contribution in [2.75, 3.05) is 0 Å². The van der Waals surface area contributed by atoms with E-state index in [1.807, 2.05) is 0 Å². The number of ketones is 1. The molecule has 0 radical (unpaired) electrons. The van der Waals surface area contributed by atoms with E-state index in [1.54, 1.807) is 47.8 Å². The number of Topliss-reactive ketones (excluding diaryl/α,β-unsaturated/α-hetero) is 1. The van der Waals surface area contributed by atoms with E-state index in [9.17, 15) is 18.0 Å². The first-order valence-corrected chi connectivity index (χ1v) is 8.02. The number of benzene rings is 2. The molecular formula is C18H12F3NOS. The minimum Gasteiger partial charge on any atom is -0.293 e. The number of fused-ring (bicyclic) bond motifs is 1. The zero-order valence-corrected chi connectivity index (χ0v) is 13.2. The summed E-state index contributed by atoms with van der Waals surface area (Å²) in [4.78, 5) is 16.1. The van der Waals surface area contributed by atoms with Gasteiger partial charge in [-0.3, -0.25) is 4.79 Å². The molecule has 1 aromatic heterocycles. The van der Waals surface area contributed by atoms with Crippen molar-refractivity contribution < 1.29 is 18.0 Å². The highest BCUT2D eigenvalue weighted by Gasteiger charge is 2.37. The third kappa shape index (κ3) is 3.54. The maximum Gasteiger partial charge on any atom is 0.429 e. The Bertz CT molecular complexity index is 893. The second-order valence-corrected chi connectivity index (χ2v) is 6.08. The van der Waals surface area contributed by atoms with Crippen molar-refractivity contribution in [2.24, 2.45) is 4.99 Å². The molecule has 0 saturated heterocycles. The highest BCUT2D eigenvalue weighted by atomic mass is 32.1. The third-order valence-corrected chi connectivity index (χ3v) is 4.38.